The van der Waals surface area contributed by atoms with E-state index in [0.717, 1.165) is 0 Å². The topological polar surface area (TPSA) is 372 Å². The summed E-state index contributed by atoms with van der Waals surface area (Å²) in [5, 5.41) is 129. The van der Waals surface area contributed by atoms with E-state index in [1.165, 1.54) is 35.5 Å². The van der Waals surface area contributed by atoms with Crippen molar-refractivity contribution < 1.29 is 128 Å². The number of aliphatic hydroxyl groups excluding tert-OH is 12. The highest BCUT2D eigenvalue weighted by Crippen LogP contribution is 2.35. The molecule has 5 aliphatic heterocycles. The number of aliphatic hydroxyl groups is 12. The van der Waals surface area contributed by atoms with Crippen molar-refractivity contribution in [3.63, 3.8) is 0 Å². The summed E-state index contributed by atoms with van der Waals surface area (Å²) in [5.74, 6) is -3.30. The van der Waals surface area contributed by atoms with E-state index in [0.29, 0.717) is 0 Å². The van der Waals surface area contributed by atoms with Crippen molar-refractivity contribution in [1.82, 2.24) is 0 Å². The minimum absolute atomic E-state index is 0.000433. The minimum atomic E-state index is -1.58. The Morgan fingerprint density at radius 2 is 0.681 bits per heavy atom. The summed E-state index contributed by atoms with van der Waals surface area (Å²) in [5.41, 5.74) is 0. The quantitative estimate of drug-likeness (QED) is 0.0383. The van der Waals surface area contributed by atoms with E-state index >= 15 is 0 Å². The van der Waals surface area contributed by atoms with E-state index < -0.39 is 185 Å². The van der Waals surface area contributed by atoms with Crippen LogP contribution in [0.1, 0.15) is 0 Å². The lowest BCUT2D eigenvalue weighted by Crippen LogP contribution is -2.61. The third-order valence-corrected chi connectivity index (χ3v) is 14.0. The largest absolute Gasteiger partial charge is 0.394 e. The van der Waals surface area contributed by atoms with Gasteiger partial charge in [-0.25, -0.2) is 0 Å². The lowest BCUT2D eigenvalue weighted by atomic mass is 9.86. The van der Waals surface area contributed by atoms with E-state index in [4.69, 9.17) is 66.3 Å². The summed E-state index contributed by atoms with van der Waals surface area (Å²) in [6.45, 7) is -3.99. The molecule has 0 aliphatic carbocycles. The molecule has 0 aromatic rings. The zero-order chi connectivity index (χ0) is 50.5. The summed E-state index contributed by atoms with van der Waals surface area (Å²) in [6.07, 6.45) is -24.8. The number of hydrogen-bond acceptors (Lipinski definition) is 26. The second kappa shape index (κ2) is 28.6. The van der Waals surface area contributed by atoms with Gasteiger partial charge in [0.15, 0.2) is 6.29 Å². The van der Waals surface area contributed by atoms with Gasteiger partial charge in [0.05, 0.1) is 135 Å². The molecule has 406 valence electrons. The van der Waals surface area contributed by atoms with Crippen molar-refractivity contribution in [2.45, 2.75) is 128 Å². The summed E-state index contributed by atoms with van der Waals surface area (Å²) in [7, 11) is 6.87. The van der Waals surface area contributed by atoms with Crippen LogP contribution in [0.3, 0.4) is 0 Å². The molecular weight excluding hydrogens is 932 g/mol. The summed E-state index contributed by atoms with van der Waals surface area (Å²) < 4.78 is 80.3. The fourth-order valence-electron chi connectivity index (χ4n) is 10.0. The first kappa shape index (κ1) is 58.8. The molecule has 0 saturated carbocycles. The van der Waals surface area contributed by atoms with Crippen LogP contribution in [0.5, 0.6) is 0 Å². The predicted molar refractivity (Wildman–Crippen MR) is 228 cm³/mol. The second-order valence-electron chi connectivity index (χ2n) is 18.2. The Kier molecular flexibility index (Phi) is 24.4. The van der Waals surface area contributed by atoms with Gasteiger partial charge in [0.2, 0.25) is 0 Å². The molecule has 0 radical (unpaired) electrons. The molecule has 69 heavy (non-hydrogen) atoms. The van der Waals surface area contributed by atoms with Crippen molar-refractivity contribution in [3.8, 4) is 0 Å². The number of hydrogen-bond donors (Lipinski definition) is 12. The van der Waals surface area contributed by atoms with Gasteiger partial charge in [-0.15, -0.1) is 0 Å². The normalized spacial score (nSPS) is 45.4. The average Bonchev–Trinajstić information content (AvgIpc) is 3.35. The highest BCUT2D eigenvalue weighted by Gasteiger charge is 2.51. The van der Waals surface area contributed by atoms with E-state index in [2.05, 4.69) is 0 Å². The van der Waals surface area contributed by atoms with Crippen molar-refractivity contribution >= 4 is 0 Å². The summed E-state index contributed by atoms with van der Waals surface area (Å²) in [6, 6.07) is 0. The average molecular weight is 1010 g/mol. The molecule has 5 rings (SSSR count). The molecular formula is C43H78O26. The van der Waals surface area contributed by atoms with Crippen LogP contribution in [0.2, 0.25) is 0 Å². The maximum Gasteiger partial charge on any atom is 0.186 e. The molecule has 5 aliphatic rings. The molecule has 26 heteroatoms. The van der Waals surface area contributed by atoms with Crippen LogP contribution in [0.4, 0.5) is 0 Å². The SMILES string of the molecule is COCC1OC(CO)C(COCC2OC(COC3OC(CO)C(COCC4OC(CO)C(OC)C(O)C4O)C(OC)C3O)C(COCC3OC(CO)C(COC)C(O)C3O)C(O)C2O)C(OC)C1O. The van der Waals surface area contributed by atoms with Crippen LogP contribution in [0, 0.1) is 23.7 Å². The van der Waals surface area contributed by atoms with E-state index in [1.807, 2.05) is 0 Å². The molecule has 26 nitrogen and oxygen atoms in total. The van der Waals surface area contributed by atoms with Crippen LogP contribution in [0.15, 0.2) is 0 Å². The van der Waals surface area contributed by atoms with Gasteiger partial charge < -0.3 is 128 Å². The zero-order valence-electron chi connectivity index (χ0n) is 39.7. The Labute approximate surface area is 400 Å². The Morgan fingerprint density at radius 3 is 1.14 bits per heavy atom. The smallest absolute Gasteiger partial charge is 0.186 e. The van der Waals surface area contributed by atoms with Gasteiger partial charge in [-0.2, -0.15) is 0 Å². The van der Waals surface area contributed by atoms with Gasteiger partial charge in [-0.3, -0.25) is 0 Å². The zero-order valence-corrected chi connectivity index (χ0v) is 39.7. The number of methoxy groups -OCH3 is 5. The lowest BCUT2D eigenvalue weighted by Gasteiger charge is -2.46. The van der Waals surface area contributed by atoms with Crippen LogP contribution < -0.4 is 0 Å². The Morgan fingerprint density at radius 1 is 0.304 bits per heavy atom. The van der Waals surface area contributed by atoms with Crippen LogP contribution >= 0.6 is 0 Å². The monoisotopic (exact) mass is 1010 g/mol. The molecule has 5 fully saturated rings. The van der Waals surface area contributed by atoms with Crippen LogP contribution in [-0.4, -0.2) is 311 Å². The predicted octanol–water partition coefficient (Wildman–Crippen LogP) is -7.49. The van der Waals surface area contributed by atoms with Gasteiger partial charge in [0.1, 0.15) is 73.2 Å². The molecule has 0 spiro atoms. The first-order chi connectivity index (χ1) is 33.2. The molecule has 5 heterocycles. The highest BCUT2D eigenvalue weighted by molar-refractivity contribution is 4.98. The van der Waals surface area contributed by atoms with Crippen molar-refractivity contribution in [2.24, 2.45) is 23.7 Å². The lowest BCUT2D eigenvalue weighted by molar-refractivity contribution is -0.313. The summed E-state index contributed by atoms with van der Waals surface area (Å²) >= 11 is 0. The van der Waals surface area contributed by atoms with Gasteiger partial charge in [0.25, 0.3) is 0 Å². The molecule has 5 saturated heterocycles. The van der Waals surface area contributed by atoms with Gasteiger partial charge in [-0.1, -0.05) is 0 Å². The van der Waals surface area contributed by atoms with Crippen LogP contribution in [0.25, 0.3) is 0 Å². The fourth-order valence-corrected chi connectivity index (χ4v) is 10.0. The molecule has 0 bridgehead atoms. The standard InChI is InChI=1S/C43H78O26/c1-56-10-19-23(6-44)65-29(34(50)32(19)48)15-61-11-20-27(68-30(35(51)33(20)49)16-62-12-21-24(7-45)66-28(14-57-2)37(53)40(21)58-3)18-64-43-39(55)41(59-4)22(25(8-46)69-43)13-63-17-31-36(52)38(54)42(60-5)26(9-47)67-31/h19-55H,6-18H2,1-5H3. The van der Waals surface area contributed by atoms with Crippen molar-refractivity contribution in [3.05, 3.63) is 0 Å². The van der Waals surface area contributed by atoms with Gasteiger partial charge in [0, 0.05) is 59.2 Å². The number of ether oxygens (including phenoxy) is 14. The molecule has 12 N–H and O–H groups in total. The minimum Gasteiger partial charge on any atom is -0.394 e. The maximum atomic E-state index is 11.6. The third kappa shape index (κ3) is 14.0. The van der Waals surface area contributed by atoms with E-state index in [-0.39, 0.29) is 52.9 Å². The molecule has 0 aromatic carbocycles. The van der Waals surface area contributed by atoms with Crippen molar-refractivity contribution in [2.75, 3.05) is 121 Å². The van der Waals surface area contributed by atoms with E-state index in [9.17, 15) is 61.3 Å². The maximum absolute atomic E-state index is 11.6. The Balaban J connectivity index is 1.26. The molecule has 0 amide bonds. The fraction of sp³-hybridized carbons (Fsp3) is 1.00. The Hall–Kier alpha value is -1.04. The molecule has 25 atom stereocenters. The first-order valence-electron chi connectivity index (χ1n) is 23.2. The first-order valence-corrected chi connectivity index (χ1v) is 23.2. The molecule has 0 aromatic heterocycles. The second-order valence-corrected chi connectivity index (χ2v) is 18.2. The molecule has 25 unspecified atom stereocenters. The van der Waals surface area contributed by atoms with Gasteiger partial charge in [-0.05, 0) is 0 Å². The number of rotatable bonds is 26. The van der Waals surface area contributed by atoms with Crippen molar-refractivity contribution in [1.29, 1.82) is 0 Å². The van der Waals surface area contributed by atoms with E-state index in [1.54, 1.807) is 0 Å². The van der Waals surface area contributed by atoms with Crippen LogP contribution in [-0.2, 0) is 66.3 Å². The Bertz CT molecular complexity index is 1420. The third-order valence-electron chi connectivity index (χ3n) is 14.0. The summed E-state index contributed by atoms with van der Waals surface area (Å²) in [4.78, 5) is 0. The van der Waals surface area contributed by atoms with Gasteiger partial charge >= 0.3 is 0 Å². The highest BCUT2D eigenvalue weighted by atomic mass is 16.7.